The molecule has 1 heterocycles. The highest BCUT2D eigenvalue weighted by Crippen LogP contribution is 2.27. The van der Waals surface area contributed by atoms with Gasteiger partial charge in [-0.3, -0.25) is 0 Å². The molecule has 2 N–H and O–H groups in total. The molecule has 15 heavy (non-hydrogen) atoms. The fraction of sp³-hybridized carbons (Fsp3) is 0.182. The summed E-state index contributed by atoms with van der Waals surface area (Å²) in [5.41, 5.74) is 7.94. The molecule has 0 aliphatic rings. The molecule has 0 amide bonds. The number of anilines is 2. The first-order valence-electron chi connectivity index (χ1n) is 4.66. The van der Waals surface area contributed by atoms with E-state index in [2.05, 4.69) is 34.1 Å². The number of hydrogen-bond donors (Lipinski definition) is 1. The highest BCUT2D eigenvalue weighted by molar-refractivity contribution is 7.18. The summed E-state index contributed by atoms with van der Waals surface area (Å²) in [5.74, 6) is 0. The van der Waals surface area contributed by atoms with Crippen molar-refractivity contribution in [1.29, 1.82) is 0 Å². The maximum atomic E-state index is 5.64. The Hall–Kier alpha value is -1.55. The van der Waals surface area contributed by atoms with Gasteiger partial charge in [-0.1, -0.05) is 11.3 Å². The van der Waals surface area contributed by atoms with Gasteiger partial charge in [0.15, 0.2) is 0 Å². The summed E-state index contributed by atoms with van der Waals surface area (Å²) in [6.07, 6.45) is 1.69. The van der Waals surface area contributed by atoms with Gasteiger partial charge >= 0.3 is 0 Å². The molecule has 0 fully saturated rings. The summed E-state index contributed by atoms with van der Waals surface area (Å²) >= 11 is 1.51. The standard InChI is InChI=1S/C11H13N3S/c1-14(2)9-5-3-8(4-6-9)11-13-7-10(12)15-11/h3-7H,12H2,1-2H3. The number of thiazole rings is 1. The molecule has 0 atom stereocenters. The summed E-state index contributed by atoms with van der Waals surface area (Å²) in [6.45, 7) is 0. The largest absolute Gasteiger partial charge is 0.389 e. The highest BCUT2D eigenvalue weighted by Gasteiger charge is 2.02. The Morgan fingerprint density at radius 2 is 1.87 bits per heavy atom. The lowest BCUT2D eigenvalue weighted by atomic mass is 10.2. The van der Waals surface area contributed by atoms with Crippen molar-refractivity contribution in [2.75, 3.05) is 24.7 Å². The lowest BCUT2D eigenvalue weighted by Crippen LogP contribution is -2.07. The number of benzene rings is 1. The molecule has 3 nitrogen and oxygen atoms in total. The SMILES string of the molecule is CN(C)c1ccc(-c2ncc(N)s2)cc1. The molecule has 0 spiro atoms. The predicted octanol–water partition coefficient (Wildman–Crippen LogP) is 2.46. The summed E-state index contributed by atoms with van der Waals surface area (Å²) in [6, 6.07) is 8.28. The van der Waals surface area contributed by atoms with Crippen LogP contribution in [0.2, 0.25) is 0 Å². The molecule has 0 saturated carbocycles. The van der Waals surface area contributed by atoms with Gasteiger partial charge in [0.05, 0.1) is 6.20 Å². The molecular weight excluding hydrogens is 206 g/mol. The van der Waals surface area contributed by atoms with E-state index in [4.69, 9.17) is 5.73 Å². The Morgan fingerprint density at radius 3 is 2.33 bits per heavy atom. The zero-order valence-corrected chi connectivity index (χ0v) is 9.58. The van der Waals surface area contributed by atoms with Crippen LogP contribution in [0.15, 0.2) is 30.5 Å². The molecule has 0 unspecified atom stereocenters. The average Bonchev–Trinajstić information content (AvgIpc) is 2.65. The molecule has 2 rings (SSSR count). The van der Waals surface area contributed by atoms with E-state index in [0.717, 1.165) is 15.6 Å². The molecule has 0 aliphatic carbocycles. The number of rotatable bonds is 2. The van der Waals surface area contributed by atoms with E-state index in [0.29, 0.717) is 0 Å². The van der Waals surface area contributed by atoms with Crippen molar-refractivity contribution >= 4 is 22.0 Å². The maximum absolute atomic E-state index is 5.64. The third-order valence-corrected chi connectivity index (χ3v) is 3.03. The van der Waals surface area contributed by atoms with Gasteiger partial charge in [-0.2, -0.15) is 0 Å². The Balaban J connectivity index is 2.31. The van der Waals surface area contributed by atoms with Crippen LogP contribution < -0.4 is 10.6 Å². The predicted molar refractivity (Wildman–Crippen MR) is 66.3 cm³/mol. The van der Waals surface area contributed by atoms with Crippen LogP contribution in [0, 0.1) is 0 Å². The van der Waals surface area contributed by atoms with Gasteiger partial charge < -0.3 is 10.6 Å². The Bertz CT molecular complexity index is 445. The van der Waals surface area contributed by atoms with Gasteiger partial charge in [0.25, 0.3) is 0 Å². The van der Waals surface area contributed by atoms with E-state index in [1.165, 1.54) is 17.0 Å². The number of hydrogen-bond acceptors (Lipinski definition) is 4. The minimum absolute atomic E-state index is 0.752. The van der Waals surface area contributed by atoms with Crippen molar-refractivity contribution in [2.24, 2.45) is 0 Å². The molecule has 0 radical (unpaired) electrons. The molecule has 1 aromatic carbocycles. The molecular formula is C11H13N3S. The van der Waals surface area contributed by atoms with Crippen LogP contribution in [-0.2, 0) is 0 Å². The zero-order chi connectivity index (χ0) is 10.8. The van der Waals surface area contributed by atoms with E-state index in [1.807, 2.05) is 14.1 Å². The van der Waals surface area contributed by atoms with Gasteiger partial charge in [0.1, 0.15) is 10.0 Å². The first kappa shape index (κ1) is 9.98. The molecule has 0 aliphatic heterocycles. The van der Waals surface area contributed by atoms with Gasteiger partial charge in [-0.15, -0.1) is 0 Å². The number of aromatic nitrogens is 1. The minimum Gasteiger partial charge on any atom is -0.389 e. The number of nitrogens with zero attached hydrogens (tertiary/aromatic N) is 2. The molecule has 1 aromatic heterocycles. The lowest BCUT2D eigenvalue weighted by Gasteiger charge is -2.11. The lowest BCUT2D eigenvalue weighted by molar-refractivity contribution is 1.13. The Labute approximate surface area is 93.2 Å². The summed E-state index contributed by atoms with van der Waals surface area (Å²) in [4.78, 5) is 6.31. The second-order valence-electron chi connectivity index (χ2n) is 3.51. The maximum Gasteiger partial charge on any atom is 0.125 e. The Kier molecular flexibility index (Phi) is 2.60. The summed E-state index contributed by atoms with van der Waals surface area (Å²) in [7, 11) is 4.05. The third kappa shape index (κ3) is 2.10. The fourth-order valence-corrected chi connectivity index (χ4v) is 2.01. The van der Waals surface area contributed by atoms with Gasteiger partial charge in [0.2, 0.25) is 0 Å². The molecule has 0 saturated heterocycles. The highest BCUT2D eigenvalue weighted by atomic mass is 32.1. The fourth-order valence-electron chi connectivity index (χ4n) is 1.32. The van der Waals surface area contributed by atoms with Crippen LogP contribution in [0.1, 0.15) is 0 Å². The van der Waals surface area contributed by atoms with Crippen LogP contribution in [0.4, 0.5) is 10.7 Å². The van der Waals surface area contributed by atoms with Crippen LogP contribution >= 0.6 is 11.3 Å². The van der Waals surface area contributed by atoms with E-state index in [1.54, 1.807) is 6.20 Å². The van der Waals surface area contributed by atoms with E-state index in [-0.39, 0.29) is 0 Å². The van der Waals surface area contributed by atoms with E-state index in [9.17, 15) is 0 Å². The molecule has 78 valence electrons. The van der Waals surface area contributed by atoms with Crippen molar-refractivity contribution in [3.63, 3.8) is 0 Å². The quantitative estimate of drug-likeness (QED) is 0.843. The van der Waals surface area contributed by atoms with Gasteiger partial charge in [-0.05, 0) is 24.3 Å². The first-order valence-corrected chi connectivity index (χ1v) is 5.47. The van der Waals surface area contributed by atoms with Crippen molar-refractivity contribution in [3.8, 4) is 10.6 Å². The van der Waals surface area contributed by atoms with E-state index < -0.39 is 0 Å². The monoisotopic (exact) mass is 219 g/mol. The second kappa shape index (κ2) is 3.90. The average molecular weight is 219 g/mol. The second-order valence-corrected chi connectivity index (χ2v) is 4.57. The smallest absolute Gasteiger partial charge is 0.125 e. The first-order chi connectivity index (χ1) is 7.16. The van der Waals surface area contributed by atoms with Crippen LogP contribution in [0.3, 0.4) is 0 Å². The van der Waals surface area contributed by atoms with Crippen molar-refractivity contribution in [3.05, 3.63) is 30.5 Å². The molecule has 2 aromatic rings. The van der Waals surface area contributed by atoms with Crippen molar-refractivity contribution in [1.82, 2.24) is 4.98 Å². The van der Waals surface area contributed by atoms with Gasteiger partial charge in [0, 0.05) is 25.3 Å². The topological polar surface area (TPSA) is 42.2 Å². The van der Waals surface area contributed by atoms with Crippen LogP contribution in [0.5, 0.6) is 0 Å². The van der Waals surface area contributed by atoms with Gasteiger partial charge in [-0.25, -0.2) is 4.98 Å². The van der Waals surface area contributed by atoms with Crippen molar-refractivity contribution in [2.45, 2.75) is 0 Å². The Morgan fingerprint density at radius 1 is 1.20 bits per heavy atom. The van der Waals surface area contributed by atoms with Crippen LogP contribution in [0.25, 0.3) is 10.6 Å². The third-order valence-electron chi connectivity index (χ3n) is 2.15. The number of nitrogen functional groups attached to an aromatic ring is 1. The zero-order valence-electron chi connectivity index (χ0n) is 8.77. The number of nitrogens with two attached hydrogens (primary N) is 1. The minimum atomic E-state index is 0.752. The summed E-state index contributed by atoms with van der Waals surface area (Å²) in [5, 5.41) is 1.72. The normalized spacial score (nSPS) is 10.3. The molecule has 0 bridgehead atoms. The van der Waals surface area contributed by atoms with E-state index >= 15 is 0 Å². The van der Waals surface area contributed by atoms with Crippen molar-refractivity contribution < 1.29 is 0 Å². The molecule has 4 heteroatoms. The summed E-state index contributed by atoms with van der Waals surface area (Å²) < 4.78 is 0. The van der Waals surface area contributed by atoms with Crippen LogP contribution in [-0.4, -0.2) is 19.1 Å².